The van der Waals surface area contributed by atoms with Crippen molar-refractivity contribution in [3.63, 3.8) is 0 Å². The van der Waals surface area contributed by atoms with Gasteiger partial charge in [0, 0.05) is 22.5 Å². The number of carbonyl (C=O) groups excluding carboxylic acids is 1. The smallest absolute Gasteiger partial charge is 0.313 e. The zero-order valence-corrected chi connectivity index (χ0v) is 10.4. The molecule has 0 bridgehead atoms. The normalized spacial score (nSPS) is 9.94. The molecule has 0 atom stereocenters. The highest BCUT2D eigenvalue weighted by Gasteiger charge is 2.20. The van der Waals surface area contributed by atoms with Gasteiger partial charge in [-0.1, -0.05) is 22.9 Å². The van der Waals surface area contributed by atoms with Crippen LogP contribution in [0.25, 0.3) is 0 Å². The molecule has 6 heteroatoms. The van der Waals surface area contributed by atoms with Crippen LogP contribution in [0.4, 0.5) is 5.69 Å². The molecule has 0 radical (unpaired) electrons. The number of aryl methyl sites for hydroxylation is 1. The Hall–Kier alpha value is -1.43. The monoisotopic (exact) mass is 287 g/mol. The predicted molar refractivity (Wildman–Crippen MR) is 61.5 cm³/mol. The number of nitro groups is 1. The van der Waals surface area contributed by atoms with Crippen LogP contribution in [-0.2, 0) is 4.79 Å². The van der Waals surface area contributed by atoms with Crippen LogP contribution in [0.3, 0.4) is 0 Å². The molecular formula is C10H10BrNO4. The van der Waals surface area contributed by atoms with E-state index in [2.05, 4.69) is 15.9 Å². The number of hydrogen-bond acceptors (Lipinski definition) is 4. The van der Waals surface area contributed by atoms with Gasteiger partial charge >= 0.3 is 11.7 Å². The first-order valence-electron chi connectivity index (χ1n) is 4.61. The van der Waals surface area contributed by atoms with Gasteiger partial charge in [0.05, 0.1) is 4.92 Å². The van der Waals surface area contributed by atoms with E-state index >= 15 is 0 Å². The van der Waals surface area contributed by atoms with Crippen LogP contribution >= 0.6 is 15.9 Å². The van der Waals surface area contributed by atoms with E-state index in [1.54, 1.807) is 19.9 Å². The summed E-state index contributed by atoms with van der Waals surface area (Å²) in [5.41, 5.74) is 0.330. The van der Waals surface area contributed by atoms with E-state index in [4.69, 9.17) is 4.74 Å². The molecule has 0 aliphatic carbocycles. The van der Waals surface area contributed by atoms with E-state index in [0.29, 0.717) is 10.0 Å². The number of hydrogen-bond donors (Lipinski definition) is 0. The summed E-state index contributed by atoms with van der Waals surface area (Å²) >= 11 is 3.15. The van der Waals surface area contributed by atoms with Crippen molar-refractivity contribution in [3.8, 4) is 5.75 Å². The van der Waals surface area contributed by atoms with Crippen LogP contribution in [0.1, 0.15) is 18.9 Å². The highest BCUT2D eigenvalue weighted by atomic mass is 79.9. The van der Waals surface area contributed by atoms with Crippen molar-refractivity contribution in [1.82, 2.24) is 0 Å². The number of nitro benzene ring substituents is 1. The van der Waals surface area contributed by atoms with Crippen molar-refractivity contribution in [1.29, 1.82) is 0 Å². The number of benzene rings is 1. The van der Waals surface area contributed by atoms with E-state index in [9.17, 15) is 14.9 Å². The SMILES string of the molecule is CCC(=O)Oc1c(C)cc(Br)cc1[N+](=O)[O-]. The van der Waals surface area contributed by atoms with Crippen LogP contribution in [0, 0.1) is 17.0 Å². The Morgan fingerprint density at radius 3 is 2.69 bits per heavy atom. The maximum atomic E-state index is 11.1. The second kappa shape index (κ2) is 5.07. The molecule has 1 aromatic rings. The average Bonchev–Trinajstić information content (AvgIpc) is 2.20. The summed E-state index contributed by atoms with van der Waals surface area (Å²) in [5, 5.41) is 10.8. The Morgan fingerprint density at radius 1 is 1.56 bits per heavy atom. The molecular weight excluding hydrogens is 278 g/mol. The zero-order chi connectivity index (χ0) is 12.3. The van der Waals surface area contributed by atoms with Crippen LogP contribution in [0.15, 0.2) is 16.6 Å². The number of rotatable bonds is 3. The van der Waals surface area contributed by atoms with Crippen LogP contribution in [-0.4, -0.2) is 10.9 Å². The number of esters is 1. The summed E-state index contributed by atoms with van der Waals surface area (Å²) < 4.78 is 5.52. The first-order valence-corrected chi connectivity index (χ1v) is 5.40. The van der Waals surface area contributed by atoms with Crippen LogP contribution in [0.2, 0.25) is 0 Å². The molecule has 0 saturated heterocycles. The fourth-order valence-corrected chi connectivity index (χ4v) is 1.73. The average molecular weight is 288 g/mol. The summed E-state index contributed by atoms with van der Waals surface area (Å²) in [6, 6.07) is 2.97. The minimum absolute atomic E-state index is 0.0139. The van der Waals surface area contributed by atoms with Gasteiger partial charge in [-0.05, 0) is 13.0 Å². The van der Waals surface area contributed by atoms with Gasteiger partial charge < -0.3 is 4.74 Å². The summed E-state index contributed by atoms with van der Waals surface area (Å²) in [7, 11) is 0. The molecule has 0 heterocycles. The molecule has 0 fully saturated rings. The topological polar surface area (TPSA) is 69.4 Å². The van der Waals surface area contributed by atoms with Crippen molar-refractivity contribution in [2.45, 2.75) is 20.3 Å². The first-order chi connectivity index (χ1) is 7.45. The molecule has 5 nitrogen and oxygen atoms in total. The molecule has 0 saturated carbocycles. The predicted octanol–water partition coefficient (Wildman–Crippen LogP) is 2.98. The van der Waals surface area contributed by atoms with Crippen molar-refractivity contribution >= 4 is 27.6 Å². The van der Waals surface area contributed by atoms with E-state index in [0.717, 1.165) is 0 Å². The molecule has 86 valence electrons. The van der Waals surface area contributed by atoms with E-state index in [1.807, 2.05) is 0 Å². The van der Waals surface area contributed by atoms with Gasteiger partial charge in [-0.25, -0.2) is 0 Å². The molecule has 16 heavy (non-hydrogen) atoms. The fraction of sp³-hybridized carbons (Fsp3) is 0.300. The minimum Gasteiger partial charge on any atom is -0.419 e. The Kier molecular flexibility index (Phi) is 4.00. The van der Waals surface area contributed by atoms with Gasteiger partial charge in [0.2, 0.25) is 5.75 Å². The van der Waals surface area contributed by atoms with Crippen LogP contribution in [0.5, 0.6) is 5.75 Å². The largest absolute Gasteiger partial charge is 0.419 e. The Labute approximate surface area is 101 Å². The van der Waals surface area contributed by atoms with Crippen molar-refractivity contribution in [3.05, 3.63) is 32.3 Å². The van der Waals surface area contributed by atoms with Gasteiger partial charge in [-0.2, -0.15) is 0 Å². The van der Waals surface area contributed by atoms with E-state index in [-0.39, 0.29) is 17.9 Å². The highest BCUT2D eigenvalue weighted by Crippen LogP contribution is 2.34. The summed E-state index contributed by atoms with van der Waals surface area (Å²) in [6.45, 7) is 3.28. The molecule has 0 aliphatic rings. The lowest BCUT2D eigenvalue weighted by Gasteiger charge is -2.07. The lowest BCUT2D eigenvalue weighted by Crippen LogP contribution is -2.08. The molecule has 0 amide bonds. The maximum absolute atomic E-state index is 11.1. The van der Waals surface area contributed by atoms with Gasteiger partial charge in [0.1, 0.15) is 0 Å². The van der Waals surface area contributed by atoms with Crippen LogP contribution < -0.4 is 4.74 Å². The van der Waals surface area contributed by atoms with E-state index in [1.165, 1.54) is 6.07 Å². The fourth-order valence-electron chi connectivity index (χ4n) is 1.17. The van der Waals surface area contributed by atoms with Gasteiger partial charge in [-0.15, -0.1) is 0 Å². The number of carbonyl (C=O) groups is 1. The molecule has 0 N–H and O–H groups in total. The maximum Gasteiger partial charge on any atom is 0.313 e. The molecule has 0 aromatic heterocycles. The van der Waals surface area contributed by atoms with Crippen molar-refractivity contribution < 1.29 is 14.5 Å². The van der Waals surface area contributed by atoms with E-state index < -0.39 is 10.9 Å². The van der Waals surface area contributed by atoms with Crippen molar-refractivity contribution in [2.24, 2.45) is 0 Å². The molecule has 1 aromatic carbocycles. The standard InChI is InChI=1S/C10H10BrNO4/c1-3-9(13)16-10-6(2)4-7(11)5-8(10)12(14)15/h4-5H,3H2,1-2H3. The Balaban J connectivity index is 3.24. The third-order valence-electron chi connectivity index (χ3n) is 1.92. The quantitative estimate of drug-likeness (QED) is 0.371. The second-order valence-electron chi connectivity index (χ2n) is 3.16. The number of ether oxygens (including phenoxy) is 1. The first kappa shape index (κ1) is 12.6. The third-order valence-corrected chi connectivity index (χ3v) is 2.38. The van der Waals surface area contributed by atoms with Crippen molar-refractivity contribution in [2.75, 3.05) is 0 Å². The Morgan fingerprint density at radius 2 is 2.19 bits per heavy atom. The number of nitrogens with zero attached hydrogens (tertiary/aromatic N) is 1. The van der Waals surface area contributed by atoms with Gasteiger partial charge in [0.25, 0.3) is 0 Å². The Bertz CT molecular complexity index is 445. The lowest BCUT2D eigenvalue weighted by atomic mass is 10.2. The third kappa shape index (κ3) is 2.79. The second-order valence-corrected chi connectivity index (χ2v) is 4.07. The minimum atomic E-state index is -0.573. The lowest BCUT2D eigenvalue weighted by molar-refractivity contribution is -0.385. The number of halogens is 1. The van der Waals surface area contributed by atoms with Gasteiger partial charge in [-0.3, -0.25) is 14.9 Å². The highest BCUT2D eigenvalue weighted by molar-refractivity contribution is 9.10. The summed E-state index contributed by atoms with van der Waals surface area (Å²) in [6.07, 6.45) is 0.173. The molecule has 1 rings (SSSR count). The molecule has 0 aliphatic heterocycles. The van der Waals surface area contributed by atoms with Gasteiger partial charge in [0.15, 0.2) is 0 Å². The molecule has 0 spiro atoms. The zero-order valence-electron chi connectivity index (χ0n) is 8.82. The summed E-state index contributed by atoms with van der Waals surface area (Å²) in [5.74, 6) is -0.478. The molecule has 0 unspecified atom stereocenters. The summed E-state index contributed by atoms with van der Waals surface area (Å²) in [4.78, 5) is 21.4.